The lowest BCUT2D eigenvalue weighted by atomic mass is 10.2. The Morgan fingerprint density at radius 2 is 2.22 bits per heavy atom. The van der Waals surface area contributed by atoms with Crippen LogP contribution in [0.1, 0.15) is 18.5 Å². The zero-order valence-electron chi connectivity index (χ0n) is 13.0. The van der Waals surface area contributed by atoms with Gasteiger partial charge in [0.1, 0.15) is 0 Å². The smallest absolute Gasteiger partial charge is 0.264 e. The highest BCUT2D eigenvalue weighted by Crippen LogP contribution is 2.22. The van der Waals surface area contributed by atoms with Crippen LogP contribution in [-0.4, -0.2) is 70.7 Å². The van der Waals surface area contributed by atoms with Gasteiger partial charge in [-0.25, -0.2) is 5.10 Å². The lowest BCUT2D eigenvalue weighted by Gasteiger charge is -2.25. The number of nitrogens with one attached hydrogen (secondary N) is 1. The third-order valence-corrected chi connectivity index (χ3v) is 4.46. The van der Waals surface area contributed by atoms with Gasteiger partial charge in [-0.15, -0.1) is 0 Å². The first-order chi connectivity index (χ1) is 11.0. The number of amides is 2. The van der Waals surface area contributed by atoms with E-state index >= 15 is 0 Å². The van der Waals surface area contributed by atoms with Crippen molar-refractivity contribution in [3.05, 3.63) is 28.2 Å². The van der Waals surface area contributed by atoms with Crippen LogP contribution in [0.3, 0.4) is 0 Å². The Labute approximate surface area is 133 Å². The van der Waals surface area contributed by atoms with E-state index in [0.717, 1.165) is 0 Å². The molecule has 0 aliphatic carbocycles. The highest BCUT2D eigenvalue weighted by atomic mass is 16.5. The van der Waals surface area contributed by atoms with Crippen LogP contribution >= 0.6 is 0 Å². The molecule has 0 spiro atoms. The SMILES string of the molecule is CN1C(=O)CCO[C@H]2CN(C(=O)CCc3ccc(=O)[nH]n3)C[C@@H]21. The molecule has 0 unspecified atom stereocenters. The summed E-state index contributed by atoms with van der Waals surface area (Å²) >= 11 is 0. The number of likely N-dealkylation sites (tertiary alicyclic amines) is 1. The highest BCUT2D eigenvalue weighted by Gasteiger charge is 2.41. The van der Waals surface area contributed by atoms with Crippen molar-refractivity contribution in [2.24, 2.45) is 0 Å². The van der Waals surface area contributed by atoms with Crippen molar-refractivity contribution in [3.63, 3.8) is 0 Å². The van der Waals surface area contributed by atoms with E-state index in [9.17, 15) is 14.4 Å². The predicted molar refractivity (Wildman–Crippen MR) is 80.7 cm³/mol. The molecule has 3 heterocycles. The van der Waals surface area contributed by atoms with Crippen LogP contribution in [0.5, 0.6) is 0 Å². The summed E-state index contributed by atoms with van der Waals surface area (Å²) in [6.07, 6.45) is 1.07. The van der Waals surface area contributed by atoms with E-state index in [1.54, 1.807) is 22.9 Å². The first-order valence-electron chi connectivity index (χ1n) is 7.74. The third kappa shape index (κ3) is 3.42. The number of ether oxygens (including phenoxy) is 1. The molecule has 8 nitrogen and oxygen atoms in total. The van der Waals surface area contributed by atoms with E-state index in [1.165, 1.54) is 6.07 Å². The van der Waals surface area contributed by atoms with Gasteiger partial charge in [-0.3, -0.25) is 14.4 Å². The molecule has 2 aliphatic heterocycles. The maximum Gasteiger partial charge on any atom is 0.264 e. The van der Waals surface area contributed by atoms with Gasteiger partial charge in [0.15, 0.2) is 0 Å². The summed E-state index contributed by atoms with van der Waals surface area (Å²) in [5, 5.41) is 6.25. The van der Waals surface area contributed by atoms with Crippen LogP contribution in [0, 0.1) is 0 Å². The Hall–Kier alpha value is -2.22. The molecule has 2 amide bonds. The monoisotopic (exact) mass is 320 g/mol. The zero-order chi connectivity index (χ0) is 16.4. The zero-order valence-corrected chi connectivity index (χ0v) is 13.0. The Balaban J connectivity index is 1.57. The fraction of sp³-hybridized carbons (Fsp3) is 0.600. The number of aryl methyl sites for hydroxylation is 1. The Morgan fingerprint density at radius 3 is 2.96 bits per heavy atom. The van der Waals surface area contributed by atoms with Crippen LogP contribution < -0.4 is 5.56 Å². The number of hydrogen-bond acceptors (Lipinski definition) is 5. The number of rotatable bonds is 3. The Kier molecular flexibility index (Phi) is 4.42. The summed E-state index contributed by atoms with van der Waals surface area (Å²) in [5.74, 6) is 0.0692. The summed E-state index contributed by atoms with van der Waals surface area (Å²) in [7, 11) is 1.77. The highest BCUT2D eigenvalue weighted by molar-refractivity contribution is 5.78. The van der Waals surface area contributed by atoms with Crippen LogP contribution in [0.25, 0.3) is 0 Å². The van der Waals surface area contributed by atoms with Crippen molar-refractivity contribution >= 4 is 11.8 Å². The van der Waals surface area contributed by atoms with E-state index < -0.39 is 0 Å². The Bertz CT molecular complexity index is 639. The normalized spacial score (nSPS) is 24.5. The number of fused-ring (bicyclic) bond motifs is 1. The summed E-state index contributed by atoms with van der Waals surface area (Å²) in [6, 6.07) is 2.95. The molecule has 3 rings (SSSR count). The van der Waals surface area contributed by atoms with Crippen molar-refractivity contribution in [1.82, 2.24) is 20.0 Å². The van der Waals surface area contributed by atoms with Gasteiger partial charge in [-0.1, -0.05) is 0 Å². The molecule has 0 saturated carbocycles. The molecule has 2 saturated heterocycles. The maximum absolute atomic E-state index is 12.4. The summed E-state index contributed by atoms with van der Waals surface area (Å²) in [4.78, 5) is 38.7. The van der Waals surface area contributed by atoms with E-state index in [2.05, 4.69) is 10.2 Å². The number of hydrogen-bond donors (Lipinski definition) is 1. The molecule has 0 radical (unpaired) electrons. The molecule has 1 aromatic rings. The molecular weight excluding hydrogens is 300 g/mol. The van der Waals surface area contributed by atoms with Crippen molar-refractivity contribution in [1.29, 1.82) is 0 Å². The molecule has 2 fully saturated rings. The number of carbonyl (C=O) groups excluding carboxylic acids is 2. The van der Waals surface area contributed by atoms with Crippen LogP contribution in [-0.2, 0) is 20.7 Å². The van der Waals surface area contributed by atoms with Crippen LogP contribution in [0.2, 0.25) is 0 Å². The second-order valence-electron chi connectivity index (χ2n) is 5.94. The average molecular weight is 320 g/mol. The topological polar surface area (TPSA) is 95.6 Å². The first-order valence-corrected chi connectivity index (χ1v) is 7.74. The summed E-state index contributed by atoms with van der Waals surface area (Å²) in [5.41, 5.74) is 0.416. The molecule has 1 N–H and O–H groups in total. The molecular formula is C15H20N4O4. The number of carbonyl (C=O) groups is 2. The number of likely N-dealkylation sites (N-methyl/N-ethyl adjacent to an activating group) is 1. The summed E-state index contributed by atoms with van der Waals surface area (Å²) in [6.45, 7) is 1.43. The number of nitrogens with zero attached hydrogens (tertiary/aromatic N) is 3. The van der Waals surface area contributed by atoms with Crippen LogP contribution in [0.4, 0.5) is 0 Å². The molecule has 23 heavy (non-hydrogen) atoms. The van der Waals surface area contributed by atoms with E-state index in [4.69, 9.17) is 4.74 Å². The van der Waals surface area contributed by atoms with E-state index in [1.807, 2.05) is 0 Å². The van der Waals surface area contributed by atoms with E-state index in [-0.39, 0.29) is 29.5 Å². The van der Waals surface area contributed by atoms with Gasteiger partial charge in [0, 0.05) is 39.0 Å². The second-order valence-corrected chi connectivity index (χ2v) is 5.94. The van der Waals surface area contributed by atoms with Gasteiger partial charge in [0.05, 0.1) is 30.9 Å². The minimum Gasteiger partial charge on any atom is -0.374 e. The van der Waals surface area contributed by atoms with Crippen molar-refractivity contribution < 1.29 is 14.3 Å². The largest absolute Gasteiger partial charge is 0.374 e. The lowest BCUT2D eigenvalue weighted by Crippen LogP contribution is -2.43. The van der Waals surface area contributed by atoms with E-state index in [0.29, 0.717) is 44.7 Å². The molecule has 2 atom stereocenters. The Morgan fingerprint density at radius 1 is 1.39 bits per heavy atom. The number of aromatic nitrogens is 2. The predicted octanol–water partition coefficient (Wildman–Crippen LogP) is -0.839. The molecule has 2 aliphatic rings. The lowest BCUT2D eigenvalue weighted by molar-refractivity contribution is -0.133. The molecule has 1 aromatic heterocycles. The van der Waals surface area contributed by atoms with Crippen molar-refractivity contribution in [3.8, 4) is 0 Å². The number of aromatic amines is 1. The fourth-order valence-corrected chi connectivity index (χ4v) is 3.06. The second kappa shape index (κ2) is 6.49. The van der Waals surface area contributed by atoms with Gasteiger partial charge in [-0.2, -0.15) is 5.10 Å². The molecule has 124 valence electrons. The first kappa shape index (κ1) is 15.7. The van der Waals surface area contributed by atoms with Gasteiger partial charge < -0.3 is 14.5 Å². The summed E-state index contributed by atoms with van der Waals surface area (Å²) < 4.78 is 5.72. The molecule has 0 bridgehead atoms. The molecule has 0 aromatic carbocycles. The third-order valence-electron chi connectivity index (χ3n) is 4.46. The van der Waals surface area contributed by atoms with Crippen molar-refractivity contribution in [2.45, 2.75) is 31.4 Å². The molecule has 8 heteroatoms. The average Bonchev–Trinajstić information content (AvgIpc) is 2.92. The van der Waals surface area contributed by atoms with Gasteiger partial charge in [-0.05, 0) is 6.07 Å². The maximum atomic E-state index is 12.4. The van der Waals surface area contributed by atoms with Gasteiger partial charge in [0.2, 0.25) is 11.8 Å². The van der Waals surface area contributed by atoms with Gasteiger partial charge in [0.25, 0.3) is 5.56 Å². The quantitative estimate of drug-likeness (QED) is 0.783. The minimum absolute atomic E-state index is 0.00974. The van der Waals surface area contributed by atoms with Gasteiger partial charge >= 0.3 is 0 Å². The number of H-pyrrole nitrogens is 1. The van der Waals surface area contributed by atoms with Crippen molar-refractivity contribution in [2.75, 3.05) is 26.7 Å². The minimum atomic E-state index is -0.260. The standard InChI is InChI=1S/C15H20N4O4/c1-18-11-8-19(9-12(11)23-7-6-14(18)21)15(22)5-3-10-2-4-13(20)17-16-10/h2,4,11-12H,3,5-9H2,1H3,(H,17,20)/t11-,12-/m0/s1. The fourth-order valence-electron chi connectivity index (χ4n) is 3.06. The van der Waals surface area contributed by atoms with Crippen LogP contribution in [0.15, 0.2) is 16.9 Å².